The van der Waals surface area contributed by atoms with E-state index in [0.29, 0.717) is 22.6 Å². The van der Waals surface area contributed by atoms with E-state index in [2.05, 4.69) is 4.72 Å². The van der Waals surface area contributed by atoms with E-state index in [1.54, 1.807) is 13.0 Å². The molecule has 23 heavy (non-hydrogen) atoms. The van der Waals surface area contributed by atoms with E-state index in [9.17, 15) is 12.8 Å². The molecule has 0 fully saturated rings. The van der Waals surface area contributed by atoms with Gasteiger partial charge in [0.1, 0.15) is 5.82 Å². The first-order valence-corrected chi connectivity index (χ1v) is 8.32. The zero-order valence-electron chi connectivity index (χ0n) is 13.1. The zero-order chi connectivity index (χ0) is 17.0. The van der Waals surface area contributed by atoms with Gasteiger partial charge in [0.05, 0.1) is 19.1 Å². The van der Waals surface area contributed by atoms with Gasteiger partial charge >= 0.3 is 0 Å². The molecule has 2 aromatic rings. The summed E-state index contributed by atoms with van der Waals surface area (Å²) in [5.74, 6) is 0.426. The van der Waals surface area contributed by atoms with Crippen molar-refractivity contribution in [2.75, 3.05) is 14.2 Å². The molecular formula is C16H18FNO4S. The van der Waals surface area contributed by atoms with Crippen molar-refractivity contribution in [1.29, 1.82) is 0 Å². The molecule has 7 heteroatoms. The van der Waals surface area contributed by atoms with Gasteiger partial charge in [0.2, 0.25) is 10.0 Å². The fraction of sp³-hybridized carbons (Fsp3) is 0.250. The number of ether oxygens (including phenoxy) is 2. The molecule has 1 N–H and O–H groups in total. The predicted octanol–water partition coefficient (Wildman–Crippen LogP) is 2.63. The van der Waals surface area contributed by atoms with Crippen LogP contribution in [0.3, 0.4) is 0 Å². The average Bonchev–Trinajstić information content (AvgIpc) is 2.53. The number of nitrogens with one attached hydrogen (secondary N) is 1. The van der Waals surface area contributed by atoms with Gasteiger partial charge in [-0.25, -0.2) is 17.5 Å². The Bertz CT molecular complexity index is 788. The molecule has 0 bridgehead atoms. The Labute approximate surface area is 135 Å². The molecule has 0 aliphatic carbocycles. The lowest BCUT2D eigenvalue weighted by Gasteiger charge is -2.14. The first-order chi connectivity index (χ1) is 10.9. The van der Waals surface area contributed by atoms with Gasteiger partial charge in [0, 0.05) is 12.6 Å². The number of sulfonamides is 1. The van der Waals surface area contributed by atoms with Gasteiger partial charge in [-0.15, -0.1) is 0 Å². The summed E-state index contributed by atoms with van der Waals surface area (Å²) in [7, 11) is -0.812. The molecule has 0 radical (unpaired) electrons. The van der Waals surface area contributed by atoms with Gasteiger partial charge < -0.3 is 9.47 Å². The second-order valence-electron chi connectivity index (χ2n) is 4.92. The van der Waals surface area contributed by atoms with E-state index >= 15 is 0 Å². The molecule has 0 spiro atoms. The number of hydrogen-bond acceptors (Lipinski definition) is 4. The number of aryl methyl sites for hydroxylation is 1. The SMILES string of the molecule is COc1cc(C)c(S(=O)(=O)NCc2ccc(F)cc2)cc1OC. The van der Waals surface area contributed by atoms with Crippen LogP contribution in [-0.2, 0) is 16.6 Å². The van der Waals surface area contributed by atoms with Gasteiger partial charge in [-0.05, 0) is 36.2 Å². The number of halogens is 1. The van der Waals surface area contributed by atoms with E-state index in [-0.39, 0.29) is 17.3 Å². The monoisotopic (exact) mass is 339 g/mol. The maximum Gasteiger partial charge on any atom is 0.241 e. The molecule has 5 nitrogen and oxygen atoms in total. The van der Waals surface area contributed by atoms with Gasteiger partial charge in [0.25, 0.3) is 0 Å². The van der Waals surface area contributed by atoms with Gasteiger partial charge in [-0.2, -0.15) is 0 Å². The van der Waals surface area contributed by atoms with E-state index in [1.807, 2.05) is 0 Å². The number of rotatable bonds is 6. The van der Waals surface area contributed by atoms with Crippen molar-refractivity contribution in [3.8, 4) is 11.5 Å². The molecule has 2 rings (SSSR count). The molecule has 0 heterocycles. The number of hydrogen-bond donors (Lipinski definition) is 1. The smallest absolute Gasteiger partial charge is 0.241 e. The minimum atomic E-state index is -3.74. The molecule has 124 valence electrons. The van der Waals surface area contributed by atoms with Crippen LogP contribution in [0.15, 0.2) is 41.3 Å². The maximum absolute atomic E-state index is 12.9. The van der Waals surface area contributed by atoms with Gasteiger partial charge in [0.15, 0.2) is 11.5 Å². The maximum atomic E-state index is 12.9. The molecule has 0 saturated carbocycles. The third kappa shape index (κ3) is 4.00. The fourth-order valence-electron chi connectivity index (χ4n) is 2.11. The largest absolute Gasteiger partial charge is 0.493 e. The first-order valence-electron chi connectivity index (χ1n) is 6.84. The molecule has 2 aromatic carbocycles. The standard InChI is InChI=1S/C16H18FNO4S/c1-11-8-14(21-2)15(22-3)9-16(11)23(19,20)18-10-12-4-6-13(17)7-5-12/h4-9,18H,10H2,1-3H3. The Kier molecular flexibility index (Phi) is 5.23. The van der Waals surface area contributed by atoms with Crippen molar-refractivity contribution in [3.05, 3.63) is 53.3 Å². The van der Waals surface area contributed by atoms with Crippen LogP contribution in [0.1, 0.15) is 11.1 Å². The topological polar surface area (TPSA) is 64.6 Å². The first kappa shape index (κ1) is 17.2. The molecule has 0 atom stereocenters. The Hall–Kier alpha value is -2.12. The second kappa shape index (κ2) is 6.97. The number of methoxy groups -OCH3 is 2. The van der Waals surface area contributed by atoms with Crippen LogP contribution in [-0.4, -0.2) is 22.6 Å². The molecule has 0 unspecified atom stereocenters. The van der Waals surface area contributed by atoms with Crippen molar-refractivity contribution in [1.82, 2.24) is 4.72 Å². The molecular weight excluding hydrogens is 321 g/mol. The summed E-state index contributed by atoms with van der Waals surface area (Å²) in [6.07, 6.45) is 0. The van der Waals surface area contributed by atoms with E-state index in [1.165, 1.54) is 44.6 Å². The summed E-state index contributed by atoms with van der Waals surface area (Å²) in [5.41, 5.74) is 1.20. The molecule has 0 aliphatic rings. The third-order valence-electron chi connectivity index (χ3n) is 3.35. The minimum absolute atomic E-state index is 0.0659. The Morgan fingerprint density at radius 3 is 2.17 bits per heavy atom. The van der Waals surface area contributed by atoms with Gasteiger partial charge in [-0.1, -0.05) is 12.1 Å². The van der Waals surface area contributed by atoms with Crippen LogP contribution in [0.2, 0.25) is 0 Å². The van der Waals surface area contributed by atoms with E-state index in [4.69, 9.17) is 9.47 Å². The van der Waals surface area contributed by atoms with Crippen molar-refractivity contribution in [3.63, 3.8) is 0 Å². The summed E-state index contributed by atoms with van der Waals surface area (Å²) < 4.78 is 50.6. The zero-order valence-corrected chi connectivity index (χ0v) is 13.9. The molecule has 0 amide bonds. The minimum Gasteiger partial charge on any atom is -0.493 e. The van der Waals surface area contributed by atoms with E-state index < -0.39 is 10.0 Å². The normalized spacial score (nSPS) is 11.3. The van der Waals surface area contributed by atoms with Crippen LogP contribution < -0.4 is 14.2 Å². The van der Waals surface area contributed by atoms with Crippen LogP contribution in [0, 0.1) is 12.7 Å². The third-order valence-corrected chi connectivity index (χ3v) is 4.89. The summed E-state index contributed by atoms with van der Waals surface area (Å²) in [6, 6.07) is 8.64. The van der Waals surface area contributed by atoms with E-state index in [0.717, 1.165) is 0 Å². The fourth-order valence-corrected chi connectivity index (χ4v) is 3.37. The molecule has 0 aliphatic heterocycles. The second-order valence-corrected chi connectivity index (χ2v) is 6.66. The van der Waals surface area contributed by atoms with Crippen molar-refractivity contribution >= 4 is 10.0 Å². The quantitative estimate of drug-likeness (QED) is 0.879. The summed E-state index contributed by atoms with van der Waals surface area (Å²) in [4.78, 5) is 0.109. The van der Waals surface area contributed by atoms with Crippen LogP contribution in [0.5, 0.6) is 11.5 Å². The Balaban J connectivity index is 2.27. The van der Waals surface area contributed by atoms with Crippen LogP contribution >= 0.6 is 0 Å². The van der Waals surface area contributed by atoms with Crippen LogP contribution in [0.25, 0.3) is 0 Å². The van der Waals surface area contributed by atoms with Crippen molar-refractivity contribution in [2.24, 2.45) is 0 Å². The lowest BCUT2D eigenvalue weighted by molar-refractivity contribution is 0.353. The molecule has 0 aromatic heterocycles. The lowest BCUT2D eigenvalue weighted by atomic mass is 10.2. The highest BCUT2D eigenvalue weighted by molar-refractivity contribution is 7.89. The molecule has 0 saturated heterocycles. The summed E-state index contributed by atoms with van der Waals surface area (Å²) in [5, 5.41) is 0. The Morgan fingerprint density at radius 1 is 1.04 bits per heavy atom. The lowest BCUT2D eigenvalue weighted by Crippen LogP contribution is -2.24. The predicted molar refractivity (Wildman–Crippen MR) is 84.7 cm³/mol. The average molecular weight is 339 g/mol. The van der Waals surface area contributed by atoms with Gasteiger partial charge in [-0.3, -0.25) is 0 Å². The highest BCUT2D eigenvalue weighted by atomic mass is 32.2. The summed E-state index contributed by atoms with van der Waals surface area (Å²) in [6.45, 7) is 1.74. The highest BCUT2D eigenvalue weighted by Crippen LogP contribution is 2.32. The van der Waals surface area contributed by atoms with Crippen LogP contribution in [0.4, 0.5) is 4.39 Å². The highest BCUT2D eigenvalue weighted by Gasteiger charge is 2.20. The van der Waals surface area contributed by atoms with Crippen molar-refractivity contribution in [2.45, 2.75) is 18.4 Å². The summed E-state index contributed by atoms with van der Waals surface area (Å²) >= 11 is 0. The number of benzene rings is 2. The Morgan fingerprint density at radius 2 is 1.61 bits per heavy atom. The van der Waals surface area contributed by atoms with Crippen molar-refractivity contribution < 1.29 is 22.3 Å².